The minimum Gasteiger partial charge on any atom is -0.497 e. The average Bonchev–Trinajstić information content (AvgIpc) is 2.26. The molecule has 1 unspecified atom stereocenters. The first kappa shape index (κ1) is 10.6. The molecule has 2 heteroatoms. The number of benzene rings is 1. The Balaban J connectivity index is 2.70. The Labute approximate surface area is 84.5 Å². The Bertz CT molecular complexity index is 325. The molecule has 0 saturated heterocycles. The summed E-state index contributed by atoms with van der Waals surface area (Å²) in [7, 11) is 1.60. The molecule has 1 atom stereocenters. The van der Waals surface area contributed by atoms with E-state index in [2.05, 4.69) is 5.92 Å². The van der Waals surface area contributed by atoms with Gasteiger partial charge in [0, 0.05) is 6.42 Å². The highest BCUT2D eigenvalue weighted by Gasteiger charge is 2.06. The molecule has 1 aromatic rings. The minimum absolute atomic E-state index is 0.499. The molecule has 0 aliphatic rings. The van der Waals surface area contributed by atoms with Gasteiger partial charge in [0.05, 0.1) is 13.2 Å². The van der Waals surface area contributed by atoms with Crippen molar-refractivity contribution in [3.8, 4) is 18.1 Å². The monoisotopic (exact) mass is 190 g/mol. The predicted octanol–water partition coefficient (Wildman–Crippen LogP) is 2.14. The molecule has 14 heavy (non-hydrogen) atoms. The maximum atomic E-state index is 9.72. The van der Waals surface area contributed by atoms with Gasteiger partial charge in [-0.3, -0.25) is 0 Å². The maximum Gasteiger partial charge on any atom is 0.119 e. The first-order valence-corrected chi connectivity index (χ1v) is 4.53. The first-order chi connectivity index (χ1) is 6.77. The number of rotatable bonds is 4. The molecule has 1 rings (SSSR count). The highest BCUT2D eigenvalue weighted by atomic mass is 16.5. The van der Waals surface area contributed by atoms with Gasteiger partial charge < -0.3 is 9.84 Å². The number of methoxy groups -OCH3 is 1. The summed E-state index contributed by atoms with van der Waals surface area (Å²) < 4.78 is 5.06. The van der Waals surface area contributed by atoms with Crippen LogP contribution in [0.5, 0.6) is 5.75 Å². The Morgan fingerprint density at radius 2 is 2.36 bits per heavy atom. The summed E-state index contributed by atoms with van der Waals surface area (Å²) in [5.74, 6) is 3.26. The lowest BCUT2D eigenvalue weighted by Crippen LogP contribution is -1.97. The number of hydrogen-bond donors (Lipinski definition) is 1. The van der Waals surface area contributed by atoms with Crippen LogP contribution >= 0.6 is 0 Å². The number of terminal acetylenes is 1. The van der Waals surface area contributed by atoms with Crippen molar-refractivity contribution in [1.29, 1.82) is 0 Å². The van der Waals surface area contributed by atoms with E-state index < -0.39 is 6.10 Å². The summed E-state index contributed by atoms with van der Waals surface area (Å²) in [6.45, 7) is 0. The van der Waals surface area contributed by atoms with Gasteiger partial charge >= 0.3 is 0 Å². The molecule has 0 heterocycles. The van der Waals surface area contributed by atoms with E-state index >= 15 is 0 Å². The number of aliphatic hydroxyl groups excluding tert-OH is 1. The third-order valence-corrected chi connectivity index (χ3v) is 2.04. The van der Waals surface area contributed by atoms with E-state index in [0.717, 1.165) is 11.3 Å². The molecule has 74 valence electrons. The molecule has 1 aromatic carbocycles. The fraction of sp³-hybridized carbons (Fsp3) is 0.333. The van der Waals surface area contributed by atoms with Gasteiger partial charge in [0.2, 0.25) is 0 Å². The average molecular weight is 190 g/mol. The molecule has 0 fully saturated rings. The van der Waals surface area contributed by atoms with Gasteiger partial charge in [-0.15, -0.1) is 12.3 Å². The zero-order valence-electron chi connectivity index (χ0n) is 8.23. The maximum absolute atomic E-state index is 9.72. The van der Waals surface area contributed by atoms with Crippen molar-refractivity contribution in [2.45, 2.75) is 18.9 Å². The van der Waals surface area contributed by atoms with Crippen LogP contribution < -0.4 is 4.74 Å². The zero-order valence-corrected chi connectivity index (χ0v) is 8.23. The van der Waals surface area contributed by atoms with E-state index in [9.17, 15) is 5.11 Å². The van der Waals surface area contributed by atoms with Crippen molar-refractivity contribution in [2.75, 3.05) is 7.11 Å². The summed E-state index contributed by atoms with van der Waals surface area (Å²) >= 11 is 0. The Morgan fingerprint density at radius 1 is 1.57 bits per heavy atom. The van der Waals surface area contributed by atoms with Crippen molar-refractivity contribution >= 4 is 0 Å². The minimum atomic E-state index is -0.499. The molecular formula is C12H14O2. The van der Waals surface area contributed by atoms with Gasteiger partial charge in [-0.2, -0.15) is 0 Å². The summed E-state index contributed by atoms with van der Waals surface area (Å²) in [6.07, 6.45) is 5.79. The van der Waals surface area contributed by atoms with Crippen LogP contribution in [0, 0.1) is 12.3 Å². The predicted molar refractivity (Wildman–Crippen MR) is 56.0 cm³/mol. The fourth-order valence-electron chi connectivity index (χ4n) is 1.24. The van der Waals surface area contributed by atoms with Crippen LogP contribution in [-0.2, 0) is 0 Å². The normalized spacial score (nSPS) is 11.8. The van der Waals surface area contributed by atoms with Gasteiger partial charge in [0.25, 0.3) is 0 Å². The van der Waals surface area contributed by atoms with Crippen molar-refractivity contribution in [3.05, 3.63) is 29.8 Å². The summed E-state index contributed by atoms with van der Waals surface area (Å²) in [5.41, 5.74) is 0.847. The van der Waals surface area contributed by atoms with Crippen LogP contribution in [0.4, 0.5) is 0 Å². The zero-order chi connectivity index (χ0) is 10.4. The van der Waals surface area contributed by atoms with Gasteiger partial charge in [-0.05, 0) is 24.1 Å². The highest BCUT2D eigenvalue weighted by Crippen LogP contribution is 2.21. The second-order valence-electron chi connectivity index (χ2n) is 3.04. The quantitative estimate of drug-likeness (QED) is 0.737. The molecular weight excluding hydrogens is 176 g/mol. The Hall–Kier alpha value is -1.46. The third kappa shape index (κ3) is 2.79. The van der Waals surface area contributed by atoms with Gasteiger partial charge in [-0.1, -0.05) is 12.1 Å². The number of aliphatic hydroxyl groups is 1. The molecule has 0 aromatic heterocycles. The topological polar surface area (TPSA) is 29.5 Å². The number of ether oxygens (including phenoxy) is 1. The molecule has 0 radical (unpaired) electrons. The van der Waals surface area contributed by atoms with E-state index in [1.54, 1.807) is 7.11 Å². The molecule has 0 aliphatic carbocycles. The third-order valence-electron chi connectivity index (χ3n) is 2.04. The molecule has 0 saturated carbocycles. The van der Waals surface area contributed by atoms with Crippen molar-refractivity contribution in [2.24, 2.45) is 0 Å². The Kier molecular flexibility index (Phi) is 4.03. The molecule has 0 spiro atoms. The Morgan fingerprint density at radius 3 is 3.00 bits per heavy atom. The van der Waals surface area contributed by atoms with Crippen molar-refractivity contribution < 1.29 is 9.84 Å². The summed E-state index contributed by atoms with van der Waals surface area (Å²) in [5, 5.41) is 9.72. The SMILES string of the molecule is C#CCCC(O)c1cccc(OC)c1. The fourth-order valence-corrected chi connectivity index (χ4v) is 1.24. The summed E-state index contributed by atoms with van der Waals surface area (Å²) in [6, 6.07) is 7.38. The lowest BCUT2D eigenvalue weighted by molar-refractivity contribution is 0.169. The van der Waals surface area contributed by atoms with Gasteiger partial charge in [0.1, 0.15) is 5.75 Å². The van der Waals surface area contributed by atoms with Crippen molar-refractivity contribution in [3.63, 3.8) is 0 Å². The molecule has 1 N–H and O–H groups in total. The van der Waals surface area contributed by atoms with Crippen LogP contribution in [0.1, 0.15) is 24.5 Å². The van der Waals surface area contributed by atoms with Crippen LogP contribution in [0.25, 0.3) is 0 Å². The second kappa shape index (κ2) is 5.31. The first-order valence-electron chi connectivity index (χ1n) is 4.53. The molecule has 0 amide bonds. The van der Waals surface area contributed by atoms with E-state index in [4.69, 9.17) is 11.2 Å². The van der Waals surface area contributed by atoms with E-state index in [0.29, 0.717) is 12.8 Å². The molecule has 2 nitrogen and oxygen atoms in total. The number of hydrogen-bond acceptors (Lipinski definition) is 2. The molecule has 0 bridgehead atoms. The standard InChI is InChI=1S/C12H14O2/c1-3-4-8-12(13)10-6-5-7-11(9-10)14-2/h1,5-7,9,12-13H,4,8H2,2H3. The van der Waals surface area contributed by atoms with E-state index in [1.165, 1.54) is 0 Å². The lowest BCUT2D eigenvalue weighted by atomic mass is 10.1. The van der Waals surface area contributed by atoms with Crippen LogP contribution in [0.15, 0.2) is 24.3 Å². The van der Waals surface area contributed by atoms with E-state index in [1.807, 2.05) is 24.3 Å². The van der Waals surface area contributed by atoms with E-state index in [-0.39, 0.29) is 0 Å². The van der Waals surface area contributed by atoms with Crippen LogP contribution in [-0.4, -0.2) is 12.2 Å². The largest absolute Gasteiger partial charge is 0.497 e. The van der Waals surface area contributed by atoms with Crippen molar-refractivity contribution in [1.82, 2.24) is 0 Å². The molecule has 0 aliphatic heterocycles. The summed E-state index contributed by atoms with van der Waals surface area (Å²) in [4.78, 5) is 0. The van der Waals surface area contributed by atoms with Gasteiger partial charge in [-0.25, -0.2) is 0 Å². The second-order valence-corrected chi connectivity index (χ2v) is 3.04. The smallest absolute Gasteiger partial charge is 0.119 e. The highest BCUT2D eigenvalue weighted by molar-refractivity contribution is 5.29. The van der Waals surface area contributed by atoms with Crippen LogP contribution in [0.3, 0.4) is 0 Å². The van der Waals surface area contributed by atoms with Crippen LogP contribution in [0.2, 0.25) is 0 Å². The van der Waals surface area contributed by atoms with Gasteiger partial charge in [0.15, 0.2) is 0 Å². The lowest BCUT2D eigenvalue weighted by Gasteiger charge is -2.10.